The number of hydrogen-bond donors (Lipinski definition) is 1. The molecule has 11 heteroatoms. The number of sulfone groups is 1. The molecule has 5 rings (SSSR count). The Morgan fingerprint density at radius 3 is 2.05 bits per heavy atom. The van der Waals surface area contributed by atoms with Crippen molar-refractivity contribution in [3.8, 4) is 11.5 Å². The molecule has 0 amide bonds. The molecule has 0 bridgehead atoms. The molecule has 9 nitrogen and oxygen atoms in total. The van der Waals surface area contributed by atoms with Gasteiger partial charge in [0.2, 0.25) is 9.84 Å². The minimum Gasteiger partial charge on any atom is -0.494 e. The first-order chi connectivity index (χ1) is 21.2. The van der Waals surface area contributed by atoms with Crippen LogP contribution in [0.1, 0.15) is 37.8 Å². The highest BCUT2D eigenvalue weighted by atomic mass is 32.2. The summed E-state index contributed by atoms with van der Waals surface area (Å²) in [7, 11) is -4.31. The third kappa shape index (κ3) is 5.80. The molecule has 0 saturated heterocycles. The van der Waals surface area contributed by atoms with Crippen molar-refractivity contribution >= 4 is 44.6 Å². The number of rotatable bonds is 10. The Kier molecular flexibility index (Phi) is 9.07. The van der Waals surface area contributed by atoms with Gasteiger partial charge in [0.25, 0.3) is 5.56 Å². The fourth-order valence-corrected chi connectivity index (χ4v) is 7.91. The number of fused-ring (bicyclic) bond motifs is 1. The smallest absolute Gasteiger partial charge is 0.338 e. The molecular formula is C33H32N2O7S2. The fraction of sp³-hybridized carbons (Fsp3) is 0.212. The standard InChI is InChI=1S/C33H32N2O7S2/c1-4-40-23-16-12-21(13-17-23)20-26-31(36)35-30(34)29(44(38,39)25-10-8-7-9-11-25)27(22-14-18-24(19-15-22)41-5-2)28(32(35)43-26)33(37)42-6-3/h7-20,27H,4-6,34H2,1-3H3. The van der Waals surface area contributed by atoms with E-state index in [1.807, 2.05) is 13.8 Å². The predicted molar refractivity (Wildman–Crippen MR) is 170 cm³/mol. The molecule has 0 aliphatic carbocycles. The van der Waals surface area contributed by atoms with Crippen LogP contribution in [0.15, 0.2) is 93.5 Å². The number of esters is 1. The summed E-state index contributed by atoms with van der Waals surface area (Å²) in [5.74, 6) is -0.919. The number of benzene rings is 3. The van der Waals surface area contributed by atoms with Gasteiger partial charge in [-0.15, -0.1) is 11.3 Å². The van der Waals surface area contributed by atoms with Crippen molar-refractivity contribution in [1.29, 1.82) is 0 Å². The first-order valence-corrected chi connectivity index (χ1v) is 16.4. The van der Waals surface area contributed by atoms with Gasteiger partial charge < -0.3 is 19.9 Å². The second-order valence-electron chi connectivity index (χ2n) is 9.69. The zero-order valence-corrected chi connectivity index (χ0v) is 26.1. The zero-order chi connectivity index (χ0) is 31.4. The molecule has 1 aliphatic heterocycles. The molecule has 0 saturated carbocycles. The molecule has 3 aromatic carbocycles. The largest absolute Gasteiger partial charge is 0.494 e. The number of hydrogen-bond acceptors (Lipinski definition) is 9. The molecule has 0 fully saturated rings. The number of aromatic nitrogens is 1. The van der Waals surface area contributed by atoms with Crippen molar-refractivity contribution in [3.63, 3.8) is 0 Å². The summed E-state index contributed by atoms with van der Waals surface area (Å²) >= 11 is 1.05. The van der Waals surface area contributed by atoms with E-state index in [4.69, 9.17) is 19.9 Å². The summed E-state index contributed by atoms with van der Waals surface area (Å²) in [6.45, 7) is 6.40. The van der Waals surface area contributed by atoms with E-state index in [2.05, 4.69) is 0 Å². The molecule has 228 valence electrons. The molecule has 44 heavy (non-hydrogen) atoms. The number of allylic oxidation sites excluding steroid dienone is 1. The summed E-state index contributed by atoms with van der Waals surface area (Å²) in [6.07, 6.45) is 1.67. The van der Waals surface area contributed by atoms with Crippen LogP contribution in [0.2, 0.25) is 0 Å². The highest BCUT2D eigenvalue weighted by Gasteiger charge is 2.42. The zero-order valence-electron chi connectivity index (χ0n) is 24.5. The lowest BCUT2D eigenvalue weighted by molar-refractivity contribution is -0.136. The molecule has 1 unspecified atom stereocenters. The van der Waals surface area contributed by atoms with Gasteiger partial charge in [-0.1, -0.05) is 42.5 Å². The van der Waals surface area contributed by atoms with Crippen LogP contribution in [-0.4, -0.2) is 38.8 Å². The Bertz CT molecular complexity index is 1990. The highest BCUT2D eigenvalue weighted by molar-refractivity contribution is 7.95. The van der Waals surface area contributed by atoms with Gasteiger partial charge in [-0.2, -0.15) is 0 Å². The van der Waals surface area contributed by atoms with Gasteiger partial charge >= 0.3 is 5.97 Å². The second-order valence-corrected chi connectivity index (χ2v) is 12.6. The Labute approximate surface area is 259 Å². The Morgan fingerprint density at radius 1 is 0.886 bits per heavy atom. The fourth-order valence-electron chi connectivity index (χ4n) is 5.05. The molecule has 4 aromatic rings. The lowest BCUT2D eigenvalue weighted by Gasteiger charge is -2.28. The van der Waals surface area contributed by atoms with Gasteiger partial charge in [0, 0.05) is 0 Å². The van der Waals surface area contributed by atoms with Crippen LogP contribution in [0, 0.1) is 0 Å². The Morgan fingerprint density at radius 2 is 1.48 bits per heavy atom. The number of carbonyl (C=O) groups excluding carboxylic acids is 1. The van der Waals surface area contributed by atoms with Crippen molar-refractivity contribution < 1.29 is 27.4 Å². The third-order valence-corrected chi connectivity index (χ3v) is 9.97. The second kappa shape index (κ2) is 12.9. The molecule has 2 N–H and O–H groups in total. The van der Waals surface area contributed by atoms with Gasteiger partial charge in [-0.25, -0.2) is 13.2 Å². The van der Waals surface area contributed by atoms with Gasteiger partial charge in [0.15, 0.2) is 0 Å². The van der Waals surface area contributed by atoms with Gasteiger partial charge in [-0.05, 0) is 74.4 Å². The maximum atomic E-state index is 14.3. The van der Waals surface area contributed by atoms with E-state index >= 15 is 0 Å². The normalized spacial score (nSPS) is 15.2. The number of thiazole rings is 1. The number of nitrogens with two attached hydrogens (primary N) is 1. The number of ether oxygens (including phenoxy) is 3. The van der Waals surface area contributed by atoms with E-state index in [-0.39, 0.29) is 37.0 Å². The van der Waals surface area contributed by atoms with Crippen LogP contribution in [0.5, 0.6) is 11.5 Å². The quantitative estimate of drug-likeness (QED) is 0.263. The monoisotopic (exact) mass is 632 g/mol. The van der Waals surface area contributed by atoms with Crippen LogP contribution in [0.3, 0.4) is 0 Å². The predicted octanol–water partition coefficient (Wildman–Crippen LogP) is 3.61. The summed E-state index contributed by atoms with van der Waals surface area (Å²) < 4.78 is 46.8. The molecule has 1 atom stereocenters. The molecule has 1 aliphatic rings. The van der Waals surface area contributed by atoms with E-state index in [9.17, 15) is 18.0 Å². The van der Waals surface area contributed by atoms with Crippen molar-refractivity contribution in [1.82, 2.24) is 4.57 Å². The molecule has 1 aromatic heterocycles. The third-order valence-electron chi connectivity index (χ3n) is 6.95. The first kappa shape index (κ1) is 30.8. The van der Waals surface area contributed by atoms with Crippen molar-refractivity contribution in [2.24, 2.45) is 5.73 Å². The minimum absolute atomic E-state index is 0.00756. The molecule has 0 spiro atoms. The maximum Gasteiger partial charge on any atom is 0.338 e. The average molecular weight is 633 g/mol. The first-order valence-electron chi connectivity index (χ1n) is 14.1. The van der Waals surface area contributed by atoms with Crippen LogP contribution >= 0.6 is 11.3 Å². The Balaban J connectivity index is 1.84. The van der Waals surface area contributed by atoms with Crippen molar-refractivity contribution in [2.75, 3.05) is 19.8 Å². The molecular weight excluding hydrogens is 601 g/mol. The maximum absolute atomic E-state index is 14.3. The summed E-state index contributed by atoms with van der Waals surface area (Å²) in [6, 6.07) is 21.8. The summed E-state index contributed by atoms with van der Waals surface area (Å²) in [5.41, 5.74) is 7.31. The van der Waals surface area contributed by atoms with E-state index in [1.165, 1.54) is 12.1 Å². The topological polar surface area (TPSA) is 127 Å². The molecule has 2 heterocycles. The lowest BCUT2D eigenvalue weighted by Crippen LogP contribution is -2.41. The SMILES string of the molecule is CCOC(=O)C1=c2sc(=Cc3ccc(OCC)cc3)c(=O)n2C(N)=C(S(=O)(=O)c2ccccc2)C1c1ccc(OCC)cc1. The van der Waals surface area contributed by atoms with E-state index < -0.39 is 27.3 Å². The van der Waals surface area contributed by atoms with E-state index in [0.717, 1.165) is 15.9 Å². The van der Waals surface area contributed by atoms with Crippen molar-refractivity contribution in [3.05, 3.63) is 114 Å². The van der Waals surface area contributed by atoms with Crippen LogP contribution < -0.4 is 30.0 Å². The Hall–Kier alpha value is -4.61. The molecule has 0 radical (unpaired) electrons. The summed E-state index contributed by atoms with van der Waals surface area (Å²) in [4.78, 5) is 27.3. The summed E-state index contributed by atoms with van der Waals surface area (Å²) in [5, 5.41) is 0. The van der Waals surface area contributed by atoms with Gasteiger partial charge in [0.05, 0.1) is 40.7 Å². The van der Waals surface area contributed by atoms with Crippen LogP contribution in [0.25, 0.3) is 17.5 Å². The van der Waals surface area contributed by atoms with Gasteiger partial charge in [0.1, 0.15) is 26.9 Å². The van der Waals surface area contributed by atoms with Crippen LogP contribution in [0.4, 0.5) is 0 Å². The highest BCUT2D eigenvalue weighted by Crippen LogP contribution is 2.42. The van der Waals surface area contributed by atoms with Gasteiger partial charge in [-0.3, -0.25) is 9.36 Å². The minimum atomic E-state index is -4.31. The number of nitrogens with zero attached hydrogens (tertiary/aromatic N) is 1. The average Bonchev–Trinajstić information content (AvgIpc) is 3.34. The van der Waals surface area contributed by atoms with Crippen molar-refractivity contribution in [2.45, 2.75) is 31.6 Å². The van der Waals surface area contributed by atoms with E-state index in [0.29, 0.717) is 35.8 Å². The van der Waals surface area contributed by atoms with Crippen LogP contribution in [-0.2, 0) is 19.4 Å². The number of carbonyl (C=O) groups is 1. The van der Waals surface area contributed by atoms with E-state index in [1.54, 1.807) is 79.7 Å². The lowest BCUT2D eigenvalue weighted by atomic mass is 9.89.